The molecule has 0 radical (unpaired) electrons. The molecule has 8 heteroatoms. The van der Waals surface area contributed by atoms with Crippen LogP contribution in [0.3, 0.4) is 0 Å². The third-order valence-corrected chi connectivity index (χ3v) is 7.41. The van der Waals surface area contributed by atoms with Gasteiger partial charge in [-0.05, 0) is 79.6 Å². The van der Waals surface area contributed by atoms with Crippen LogP contribution >= 0.6 is 0 Å². The molecular formula is C30H33FN4O3. The Morgan fingerprint density at radius 1 is 1.00 bits per heavy atom. The summed E-state index contributed by atoms with van der Waals surface area (Å²) in [5.74, 6) is -0.796. The number of fused-ring (bicyclic) bond motifs is 3. The molecule has 1 heterocycles. The van der Waals surface area contributed by atoms with Gasteiger partial charge >= 0.3 is 0 Å². The number of ether oxygens (including phenoxy) is 1. The van der Waals surface area contributed by atoms with E-state index in [-0.39, 0.29) is 11.7 Å². The molecule has 2 amide bonds. The summed E-state index contributed by atoms with van der Waals surface area (Å²) < 4.78 is 21.4. The number of carbonyl (C=O) groups is 2. The van der Waals surface area contributed by atoms with Gasteiger partial charge in [0.1, 0.15) is 6.61 Å². The molecule has 0 spiro atoms. The number of benzene rings is 3. The zero-order chi connectivity index (χ0) is 27.0. The third kappa shape index (κ3) is 4.89. The predicted octanol–water partition coefficient (Wildman–Crippen LogP) is 3.49. The van der Waals surface area contributed by atoms with Gasteiger partial charge in [0, 0.05) is 49.4 Å². The molecule has 2 N–H and O–H groups in total. The molecule has 0 aromatic heterocycles. The zero-order valence-corrected chi connectivity index (χ0v) is 22.1. The highest BCUT2D eigenvalue weighted by Gasteiger charge is 2.29. The molecule has 198 valence electrons. The lowest BCUT2D eigenvalue weighted by molar-refractivity contribution is 0.0664. The maximum Gasteiger partial charge on any atom is 0.253 e. The average molecular weight is 517 g/mol. The molecule has 0 bridgehead atoms. The molecule has 3 aromatic rings. The van der Waals surface area contributed by atoms with Crippen LogP contribution in [0.15, 0.2) is 48.5 Å². The Kier molecular flexibility index (Phi) is 7.19. The second-order valence-corrected chi connectivity index (χ2v) is 10.3. The molecule has 0 atom stereocenters. The maximum atomic E-state index is 15.7. The zero-order valence-electron chi connectivity index (χ0n) is 22.1. The van der Waals surface area contributed by atoms with Gasteiger partial charge in [0.05, 0.1) is 0 Å². The summed E-state index contributed by atoms with van der Waals surface area (Å²) in [6.45, 7) is 4.09. The standard InChI is InChI=1S/C30H33FN4O3/c1-33(2)15-16-38-26-6-4-5-23(28(26)31)22-9-10-24(29(32)36)25-18-20-17-19(7-8-21(20)27(22)25)30(37)35-13-11-34(3)12-14-35/h4-10,17H,11-16,18H2,1-3H3,(H2,32,36). The van der Waals surface area contributed by atoms with Gasteiger partial charge in [0.25, 0.3) is 5.91 Å². The Morgan fingerprint density at radius 2 is 1.74 bits per heavy atom. The van der Waals surface area contributed by atoms with Crippen LogP contribution in [0.4, 0.5) is 4.39 Å². The van der Waals surface area contributed by atoms with Crippen molar-refractivity contribution in [3.63, 3.8) is 0 Å². The smallest absolute Gasteiger partial charge is 0.253 e. The van der Waals surface area contributed by atoms with E-state index in [1.807, 2.05) is 42.1 Å². The summed E-state index contributed by atoms with van der Waals surface area (Å²) >= 11 is 0. The molecule has 1 saturated heterocycles. The summed E-state index contributed by atoms with van der Waals surface area (Å²) in [6.07, 6.45) is 0.446. The Hall–Kier alpha value is -3.75. The molecule has 1 aliphatic heterocycles. The van der Waals surface area contributed by atoms with E-state index in [1.165, 1.54) is 0 Å². The number of carbonyl (C=O) groups excluding carboxylic acids is 2. The van der Waals surface area contributed by atoms with Crippen LogP contribution < -0.4 is 10.5 Å². The molecular weight excluding hydrogens is 483 g/mol. The number of halogens is 1. The van der Waals surface area contributed by atoms with Crippen molar-refractivity contribution in [1.82, 2.24) is 14.7 Å². The van der Waals surface area contributed by atoms with Crippen molar-refractivity contribution in [1.29, 1.82) is 0 Å². The van der Waals surface area contributed by atoms with Crippen LogP contribution in [0.1, 0.15) is 31.8 Å². The average Bonchev–Trinajstić information content (AvgIpc) is 3.28. The van der Waals surface area contributed by atoms with Crippen LogP contribution in [0, 0.1) is 5.82 Å². The van der Waals surface area contributed by atoms with Crippen LogP contribution in [-0.2, 0) is 6.42 Å². The van der Waals surface area contributed by atoms with Gasteiger partial charge in [-0.2, -0.15) is 0 Å². The van der Waals surface area contributed by atoms with E-state index in [1.54, 1.807) is 30.3 Å². The van der Waals surface area contributed by atoms with Crippen LogP contribution in [0.2, 0.25) is 0 Å². The van der Waals surface area contributed by atoms with E-state index < -0.39 is 11.7 Å². The third-order valence-electron chi connectivity index (χ3n) is 7.41. The van der Waals surface area contributed by atoms with E-state index in [2.05, 4.69) is 11.9 Å². The number of amides is 2. The molecule has 5 rings (SSSR count). The van der Waals surface area contributed by atoms with Crippen molar-refractivity contribution < 1.29 is 18.7 Å². The van der Waals surface area contributed by atoms with Gasteiger partial charge in [-0.25, -0.2) is 4.39 Å². The van der Waals surface area contributed by atoms with Crippen LogP contribution in [-0.4, -0.2) is 87.0 Å². The van der Waals surface area contributed by atoms with E-state index in [4.69, 9.17) is 10.5 Å². The van der Waals surface area contributed by atoms with Crippen molar-refractivity contribution in [2.24, 2.45) is 5.73 Å². The van der Waals surface area contributed by atoms with Crippen molar-refractivity contribution in [2.75, 3.05) is 60.5 Å². The molecule has 3 aromatic carbocycles. The number of rotatable bonds is 7. The Balaban J connectivity index is 1.54. The molecule has 2 aliphatic rings. The number of piperazine rings is 1. The highest BCUT2D eigenvalue weighted by molar-refractivity contribution is 6.03. The van der Waals surface area contributed by atoms with E-state index in [0.717, 1.165) is 35.3 Å². The summed E-state index contributed by atoms with van der Waals surface area (Å²) in [5.41, 5.74) is 11.2. The number of nitrogens with two attached hydrogens (primary N) is 1. The van der Waals surface area contributed by atoms with Gasteiger partial charge in [-0.3, -0.25) is 9.59 Å². The lowest BCUT2D eigenvalue weighted by atomic mass is 9.91. The first-order valence-electron chi connectivity index (χ1n) is 12.9. The van der Waals surface area contributed by atoms with Gasteiger partial charge in [0.2, 0.25) is 5.91 Å². The van der Waals surface area contributed by atoms with Gasteiger partial charge in [0.15, 0.2) is 11.6 Å². The second kappa shape index (κ2) is 10.6. The van der Waals surface area contributed by atoms with E-state index >= 15 is 4.39 Å². The molecule has 0 unspecified atom stereocenters. The topological polar surface area (TPSA) is 79.1 Å². The van der Waals surface area contributed by atoms with Crippen molar-refractivity contribution in [3.8, 4) is 28.0 Å². The molecule has 1 fully saturated rings. The largest absolute Gasteiger partial charge is 0.489 e. The monoisotopic (exact) mass is 516 g/mol. The first-order valence-corrected chi connectivity index (χ1v) is 12.9. The number of hydrogen-bond acceptors (Lipinski definition) is 5. The highest BCUT2D eigenvalue weighted by atomic mass is 19.1. The molecule has 7 nitrogen and oxygen atoms in total. The number of nitrogens with zero attached hydrogens (tertiary/aromatic N) is 3. The Bertz CT molecular complexity index is 1400. The molecule has 0 saturated carbocycles. The van der Waals surface area contributed by atoms with E-state index in [9.17, 15) is 9.59 Å². The fourth-order valence-electron chi connectivity index (χ4n) is 5.26. The fraction of sp³-hybridized carbons (Fsp3) is 0.333. The van der Waals surface area contributed by atoms with Gasteiger partial charge in [-0.15, -0.1) is 0 Å². The predicted molar refractivity (Wildman–Crippen MR) is 146 cm³/mol. The molecule has 1 aliphatic carbocycles. The van der Waals surface area contributed by atoms with Crippen LogP contribution in [0.5, 0.6) is 5.75 Å². The normalized spacial score (nSPS) is 14.9. The van der Waals surface area contributed by atoms with Crippen LogP contribution in [0.25, 0.3) is 22.3 Å². The van der Waals surface area contributed by atoms with Crippen molar-refractivity contribution in [2.45, 2.75) is 6.42 Å². The summed E-state index contributed by atoms with van der Waals surface area (Å²) in [4.78, 5) is 31.6. The number of hydrogen-bond donors (Lipinski definition) is 1. The highest BCUT2D eigenvalue weighted by Crippen LogP contribution is 2.46. The molecule has 38 heavy (non-hydrogen) atoms. The Morgan fingerprint density at radius 3 is 2.45 bits per heavy atom. The first-order chi connectivity index (χ1) is 18.2. The van der Waals surface area contributed by atoms with E-state index in [0.29, 0.717) is 54.9 Å². The minimum atomic E-state index is -0.532. The fourth-order valence-corrected chi connectivity index (χ4v) is 5.26. The summed E-state index contributed by atoms with van der Waals surface area (Å²) in [6, 6.07) is 14.2. The van der Waals surface area contributed by atoms with Gasteiger partial charge in [-0.1, -0.05) is 24.3 Å². The van der Waals surface area contributed by atoms with Crippen molar-refractivity contribution >= 4 is 11.8 Å². The van der Waals surface area contributed by atoms with Gasteiger partial charge < -0.3 is 25.2 Å². The lowest BCUT2D eigenvalue weighted by Crippen LogP contribution is -2.47. The Labute approximate surface area is 222 Å². The second-order valence-electron chi connectivity index (χ2n) is 10.3. The summed E-state index contributed by atoms with van der Waals surface area (Å²) in [5, 5.41) is 0. The maximum absolute atomic E-state index is 15.7. The van der Waals surface area contributed by atoms with Crippen molar-refractivity contribution in [3.05, 3.63) is 76.6 Å². The minimum absolute atomic E-state index is 0.000762. The SMILES string of the molecule is CN(C)CCOc1cccc(-c2ccc(C(N)=O)c3c2-c2ccc(C(=O)N4CCN(C)CC4)cc2C3)c1F. The number of likely N-dealkylation sites (N-methyl/N-ethyl adjacent to an activating group) is 2. The quantitative estimate of drug-likeness (QED) is 0.407. The summed E-state index contributed by atoms with van der Waals surface area (Å²) in [7, 11) is 5.92. The first kappa shape index (κ1) is 25.9. The minimum Gasteiger partial charge on any atom is -0.489 e. The number of primary amides is 1. The lowest BCUT2D eigenvalue weighted by Gasteiger charge is -2.32.